The Morgan fingerprint density at radius 3 is 2.57 bits per heavy atom. The summed E-state index contributed by atoms with van der Waals surface area (Å²) in [7, 11) is 1.63. The number of rotatable bonds is 6. The molecule has 0 spiro atoms. The molecule has 0 saturated heterocycles. The third-order valence-electron chi connectivity index (χ3n) is 3.00. The number of hydrogen-bond donors (Lipinski definition) is 1. The molecule has 1 unspecified atom stereocenters. The maximum Gasteiger partial charge on any atom is 0.162 e. The normalized spacial score (nSPS) is 12.0. The van der Waals surface area contributed by atoms with Gasteiger partial charge in [0.15, 0.2) is 11.5 Å². The summed E-state index contributed by atoms with van der Waals surface area (Å²) < 4.78 is 12.2. The highest BCUT2D eigenvalue weighted by atomic mass is 35.5. The Hall–Kier alpha value is -1.10. The highest BCUT2D eigenvalue weighted by Gasteiger charge is 2.14. The maximum absolute atomic E-state index is 6.18. The highest BCUT2D eigenvalue weighted by molar-refractivity contribution is 7.20. The van der Waals surface area contributed by atoms with Crippen molar-refractivity contribution < 1.29 is 9.47 Å². The van der Waals surface area contributed by atoms with Crippen LogP contribution in [0.4, 0.5) is 5.69 Å². The van der Waals surface area contributed by atoms with Crippen molar-refractivity contribution in [2.75, 3.05) is 19.0 Å². The molecule has 114 valence electrons. The maximum atomic E-state index is 6.18. The molecule has 1 atom stereocenters. The zero-order chi connectivity index (χ0) is 15.4. The van der Waals surface area contributed by atoms with Crippen LogP contribution in [0.15, 0.2) is 24.3 Å². The van der Waals surface area contributed by atoms with Crippen LogP contribution >= 0.6 is 34.5 Å². The van der Waals surface area contributed by atoms with Crippen LogP contribution in [0.5, 0.6) is 11.5 Å². The number of anilines is 1. The third kappa shape index (κ3) is 3.96. The van der Waals surface area contributed by atoms with Gasteiger partial charge in [-0.1, -0.05) is 23.2 Å². The molecule has 6 heteroatoms. The summed E-state index contributed by atoms with van der Waals surface area (Å²) in [5, 5.41) is 3.38. The summed E-state index contributed by atoms with van der Waals surface area (Å²) in [4.78, 5) is 0. The lowest BCUT2D eigenvalue weighted by Crippen LogP contribution is -2.06. The lowest BCUT2D eigenvalue weighted by atomic mass is 10.1. The average molecular weight is 346 g/mol. The number of thiophene rings is 1. The van der Waals surface area contributed by atoms with Gasteiger partial charge in [0.1, 0.15) is 0 Å². The van der Waals surface area contributed by atoms with Crippen LogP contribution in [0.1, 0.15) is 25.5 Å². The largest absolute Gasteiger partial charge is 0.493 e. The molecule has 2 aromatic rings. The number of ether oxygens (including phenoxy) is 2. The molecule has 0 aliphatic carbocycles. The molecule has 1 aromatic carbocycles. The van der Waals surface area contributed by atoms with E-state index in [2.05, 4.69) is 5.32 Å². The summed E-state index contributed by atoms with van der Waals surface area (Å²) in [6.45, 7) is 4.58. The molecule has 0 aliphatic heterocycles. The molecule has 0 aliphatic rings. The van der Waals surface area contributed by atoms with E-state index >= 15 is 0 Å². The number of methoxy groups -OCH3 is 1. The zero-order valence-corrected chi connectivity index (χ0v) is 14.4. The van der Waals surface area contributed by atoms with Crippen LogP contribution in [0, 0.1) is 0 Å². The van der Waals surface area contributed by atoms with Gasteiger partial charge in [-0.15, -0.1) is 11.3 Å². The molecule has 0 fully saturated rings. The van der Waals surface area contributed by atoms with E-state index in [-0.39, 0.29) is 6.04 Å². The van der Waals surface area contributed by atoms with Crippen LogP contribution in [-0.2, 0) is 0 Å². The lowest BCUT2D eigenvalue weighted by molar-refractivity contribution is 0.311. The second-order valence-electron chi connectivity index (χ2n) is 4.44. The Balaban J connectivity index is 2.17. The Labute approximate surface area is 138 Å². The van der Waals surface area contributed by atoms with E-state index in [0.717, 1.165) is 17.0 Å². The number of hydrogen-bond acceptors (Lipinski definition) is 4. The van der Waals surface area contributed by atoms with E-state index in [1.165, 1.54) is 11.3 Å². The molecule has 1 N–H and O–H groups in total. The van der Waals surface area contributed by atoms with Crippen molar-refractivity contribution in [1.82, 2.24) is 0 Å². The van der Waals surface area contributed by atoms with E-state index in [0.29, 0.717) is 21.0 Å². The lowest BCUT2D eigenvalue weighted by Gasteiger charge is -2.17. The van der Waals surface area contributed by atoms with Crippen molar-refractivity contribution in [3.05, 3.63) is 38.5 Å². The summed E-state index contributed by atoms with van der Waals surface area (Å²) >= 11 is 13.5. The fourth-order valence-electron chi connectivity index (χ4n) is 2.01. The molecule has 0 amide bonds. The molecule has 0 radical (unpaired) electrons. The van der Waals surface area contributed by atoms with Gasteiger partial charge in [0, 0.05) is 17.3 Å². The van der Waals surface area contributed by atoms with Gasteiger partial charge in [-0.2, -0.15) is 0 Å². The van der Waals surface area contributed by atoms with Gasteiger partial charge in [-0.25, -0.2) is 0 Å². The SMILES string of the molecule is CCOc1ccc(NC(C)c2cc(Cl)sc2Cl)cc1OC. The molecular weight excluding hydrogens is 329 g/mol. The smallest absolute Gasteiger partial charge is 0.162 e. The molecule has 0 saturated carbocycles. The van der Waals surface area contributed by atoms with Crippen molar-refractivity contribution >= 4 is 40.2 Å². The minimum Gasteiger partial charge on any atom is -0.493 e. The van der Waals surface area contributed by atoms with Gasteiger partial charge in [0.25, 0.3) is 0 Å². The van der Waals surface area contributed by atoms with E-state index in [4.69, 9.17) is 32.7 Å². The molecule has 0 bridgehead atoms. The molecule has 21 heavy (non-hydrogen) atoms. The topological polar surface area (TPSA) is 30.5 Å². The Kier molecular flexibility index (Phi) is 5.62. The van der Waals surface area contributed by atoms with Crippen molar-refractivity contribution in [2.45, 2.75) is 19.9 Å². The van der Waals surface area contributed by atoms with E-state index < -0.39 is 0 Å². The van der Waals surface area contributed by atoms with Crippen molar-refractivity contribution in [3.8, 4) is 11.5 Å². The van der Waals surface area contributed by atoms with Crippen molar-refractivity contribution in [2.24, 2.45) is 0 Å². The van der Waals surface area contributed by atoms with Gasteiger partial charge in [0.2, 0.25) is 0 Å². The monoisotopic (exact) mass is 345 g/mol. The molecule has 3 nitrogen and oxygen atoms in total. The zero-order valence-electron chi connectivity index (χ0n) is 12.1. The number of halogens is 2. The standard InChI is InChI=1S/C15H17Cl2NO2S/c1-4-20-12-6-5-10(7-13(12)19-3)18-9(2)11-8-14(16)21-15(11)17/h5-9,18H,4H2,1-3H3. The molecule has 1 aromatic heterocycles. The first-order valence-corrected chi connectivity index (χ1v) is 8.14. The molecule has 2 rings (SSSR count). The Morgan fingerprint density at radius 2 is 2.00 bits per heavy atom. The quantitative estimate of drug-likeness (QED) is 0.735. The first kappa shape index (κ1) is 16.3. The van der Waals surface area contributed by atoms with Gasteiger partial charge in [0.05, 0.1) is 28.4 Å². The number of nitrogens with one attached hydrogen (secondary N) is 1. The summed E-state index contributed by atoms with van der Waals surface area (Å²) in [6, 6.07) is 7.68. The second kappa shape index (κ2) is 7.25. The van der Waals surface area contributed by atoms with Gasteiger partial charge in [-0.05, 0) is 32.0 Å². The molecular formula is C15H17Cl2NO2S. The highest BCUT2D eigenvalue weighted by Crippen LogP contribution is 2.37. The van der Waals surface area contributed by atoms with Gasteiger partial charge < -0.3 is 14.8 Å². The minimum absolute atomic E-state index is 0.0453. The van der Waals surface area contributed by atoms with E-state index in [1.54, 1.807) is 7.11 Å². The van der Waals surface area contributed by atoms with Crippen LogP contribution in [0.3, 0.4) is 0 Å². The van der Waals surface area contributed by atoms with Gasteiger partial charge >= 0.3 is 0 Å². The van der Waals surface area contributed by atoms with Crippen LogP contribution in [0.2, 0.25) is 8.67 Å². The minimum atomic E-state index is 0.0453. The third-order valence-corrected chi connectivity index (χ3v) is 4.51. The van der Waals surface area contributed by atoms with E-state index in [9.17, 15) is 0 Å². The van der Waals surface area contributed by atoms with Crippen LogP contribution in [0.25, 0.3) is 0 Å². The summed E-state index contributed by atoms with van der Waals surface area (Å²) in [6.07, 6.45) is 0. The van der Waals surface area contributed by atoms with Crippen molar-refractivity contribution in [3.63, 3.8) is 0 Å². The first-order chi connectivity index (χ1) is 10.0. The van der Waals surface area contributed by atoms with Crippen LogP contribution < -0.4 is 14.8 Å². The van der Waals surface area contributed by atoms with Crippen LogP contribution in [-0.4, -0.2) is 13.7 Å². The fraction of sp³-hybridized carbons (Fsp3) is 0.333. The fourth-order valence-corrected chi connectivity index (χ4v) is 3.65. The summed E-state index contributed by atoms with van der Waals surface area (Å²) in [5.41, 5.74) is 1.92. The second-order valence-corrected chi connectivity index (χ2v) is 6.73. The molecule has 1 heterocycles. The Bertz CT molecular complexity index is 616. The number of benzene rings is 1. The van der Waals surface area contributed by atoms with Gasteiger partial charge in [-0.3, -0.25) is 0 Å². The predicted octanol–water partition coefficient (Wildman–Crippen LogP) is 5.64. The van der Waals surface area contributed by atoms with E-state index in [1.807, 2.05) is 38.1 Å². The predicted molar refractivity (Wildman–Crippen MR) is 90.5 cm³/mol. The Morgan fingerprint density at radius 1 is 1.24 bits per heavy atom. The first-order valence-electron chi connectivity index (χ1n) is 6.57. The average Bonchev–Trinajstić information content (AvgIpc) is 2.79. The van der Waals surface area contributed by atoms with Crippen molar-refractivity contribution in [1.29, 1.82) is 0 Å². The summed E-state index contributed by atoms with van der Waals surface area (Å²) in [5.74, 6) is 1.43.